The number of aromatic nitrogens is 1. The van der Waals surface area contributed by atoms with Gasteiger partial charge < -0.3 is 10.4 Å². The highest BCUT2D eigenvalue weighted by atomic mass is 79.9. The van der Waals surface area contributed by atoms with Crippen molar-refractivity contribution in [1.29, 1.82) is 0 Å². The molecule has 5 heteroatoms. The Labute approximate surface area is 102 Å². The minimum atomic E-state index is -0.967. The van der Waals surface area contributed by atoms with Gasteiger partial charge in [-0.05, 0) is 46.6 Å². The number of hydrogen-bond acceptors (Lipinski definition) is 3. The van der Waals surface area contributed by atoms with Crippen molar-refractivity contribution in [2.75, 3.05) is 13.1 Å². The second-order valence-electron chi connectivity index (χ2n) is 3.52. The monoisotopic (exact) mass is 282 g/mol. The number of carbonyl (C=O) groups is 1. The molecule has 0 amide bonds. The topological polar surface area (TPSA) is 62.2 Å². The Kier molecular flexibility index (Phi) is 3.36. The van der Waals surface area contributed by atoms with E-state index in [9.17, 15) is 4.79 Å². The molecule has 84 valence electrons. The van der Waals surface area contributed by atoms with Gasteiger partial charge in [-0.25, -0.2) is 9.78 Å². The molecule has 1 aromatic rings. The number of nitrogens with one attached hydrogen (secondary N) is 1. The lowest BCUT2D eigenvalue weighted by Gasteiger charge is -2.13. The lowest BCUT2D eigenvalue weighted by Crippen LogP contribution is -2.20. The molecule has 0 radical (unpaired) electrons. The van der Waals surface area contributed by atoms with Crippen LogP contribution in [0.1, 0.15) is 22.5 Å². The van der Waals surface area contributed by atoms with Gasteiger partial charge in [0.25, 0.3) is 0 Å². The van der Waals surface area contributed by atoms with Gasteiger partial charge in [0.1, 0.15) is 4.60 Å². The second kappa shape index (κ2) is 4.76. The largest absolute Gasteiger partial charge is 0.478 e. The van der Waals surface area contributed by atoms with E-state index in [2.05, 4.69) is 32.3 Å². The molecule has 0 bridgehead atoms. The van der Waals surface area contributed by atoms with Gasteiger partial charge in [0.05, 0.1) is 11.3 Å². The molecule has 2 N–H and O–H groups in total. The Morgan fingerprint density at radius 1 is 1.50 bits per heavy atom. The zero-order chi connectivity index (χ0) is 11.5. The maximum absolute atomic E-state index is 10.8. The van der Waals surface area contributed by atoms with E-state index in [0.29, 0.717) is 4.60 Å². The average Bonchev–Trinajstić information content (AvgIpc) is 2.29. The molecule has 0 aliphatic carbocycles. The van der Waals surface area contributed by atoms with E-state index in [0.717, 1.165) is 30.8 Å². The first kappa shape index (κ1) is 11.3. The standard InChI is InChI=1S/C11H11BrN2O2/c12-10-8(11(15)16)1-2-9(14-10)7-3-5-13-6-4-7/h1-3,13H,4-6H2,(H,15,16). The summed E-state index contributed by atoms with van der Waals surface area (Å²) in [6.07, 6.45) is 3.00. The third-order valence-corrected chi connectivity index (χ3v) is 3.08. The molecule has 0 spiro atoms. The Bertz CT molecular complexity index is 457. The summed E-state index contributed by atoms with van der Waals surface area (Å²) in [6.45, 7) is 1.78. The van der Waals surface area contributed by atoms with Crippen molar-refractivity contribution in [1.82, 2.24) is 10.3 Å². The molecule has 0 atom stereocenters. The Hall–Kier alpha value is -1.20. The molecule has 1 aliphatic rings. The van der Waals surface area contributed by atoms with Crippen molar-refractivity contribution in [3.8, 4) is 0 Å². The summed E-state index contributed by atoms with van der Waals surface area (Å²) in [6, 6.07) is 3.34. The highest BCUT2D eigenvalue weighted by molar-refractivity contribution is 9.10. The molecule has 0 saturated carbocycles. The predicted molar refractivity (Wildman–Crippen MR) is 64.4 cm³/mol. The summed E-state index contributed by atoms with van der Waals surface area (Å²) < 4.78 is 0.386. The first-order chi connectivity index (χ1) is 7.68. The highest BCUT2D eigenvalue weighted by Crippen LogP contribution is 2.22. The van der Waals surface area contributed by atoms with Crippen LogP contribution in [-0.4, -0.2) is 29.1 Å². The van der Waals surface area contributed by atoms with Gasteiger partial charge in [-0.2, -0.15) is 0 Å². The minimum Gasteiger partial charge on any atom is -0.478 e. The van der Waals surface area contributed by atoms with Gasteiger partial charge in [0.2, 0.25) is 0 Å². The smallest absolute Gasteiger partial charge is 0.338 e. The summed E-state index contributed by atoms with van der Waals surface area (Å²) in [4.78, 5) is 15.1. The summed E-state index contributed by atoms with van der Waals surface area (Å²) in [7, 11) is 0. The van der Waals surface area contributed by atoms with E-state index in [-0.39, 0.29) is 5.56 Å². The predicted octanol–water partition coefficient (Wildman–Crippen LogP) is 1.92. The number of carboxylic acids is 1. The molecule has 2 heterocycles. The number of pyridine rings is 1. The number of carboxylic acid groups (broad SMARTS) is 1. The van der Waals surface area contributed by atoms with Gasteiger partial charge in [-0.3, -0.25) is 0 Å². The van der Waals surface area contributed by atoms with Gasteiger partial charge in [0, 0.05) is 6.54 Å². The van der Waals surface area contributed by atoms with Crippen molar-refractivity contribution in [3.05, 3.63) is 34.1 Å². The van der Waals surface area contributed by atoms with Crippen LogP contribution < -0.4 is 5.32 Å². The van der Waals surface area contributed by atoms with Gasteiger partial charge in [-0.15, -0.1) is 0 Å². The molecule has 16 heavy (non-hydrogen) atoms. The molecule has 1 aliphatic heterocycles. The van der Waals surface area contributed by atoms with E-state index < -0.39 is 5.97 Å². The van der Waals surface area contributed by atoms with Crippen LogP contribution in [0.2, 0.25) is 0 Å². The van der Waals surface area contributed by atoms with E-state index in [4.69, 9.17) is 5.11 Å². The molecule has 4 nitrogen and oxygen atoms in total. The molecule has 0 saturated heterocycles. The Balaban J connectivity index is 2.33. The lowest BCUT2D eigenvalue weighted by atomic mass is 10.0. The highest BCUT2D eigenvalue weighted by Gasteiger charge is 2.12. The summed E-state index contributed by atoms with van der Waals surface area (Å²) in [5.74, 6) is -0.967. The second-order valence-corrected chi connectivity index (χ2v) is 4.27. The maximum atomic E-state index is 10.8. The van der Waals surface area contributed by atoms with Crippen molar-refractivity contribution < 1.29 is 9.90 Å². The van der Waals surface area contributed by atoms with Crippen molar-refractivity contribution in [3.63, 3.8) is 0 Å². The minimum absolute atomic E-state index is 0.193. The quantitative estimate of drug-likeness (QED) is 0.814. The van der Waals surface area contributed by atoms with Crippen LogP contribution in [0.25, 0.3) is 5.57 Å². The number of hydrogen-bond donors (Lipinski definition) is 2. The van der Waals surface area contributed by atoms with Crippen LogP contribution in [0.3, 0.4) is 0 Å². The van der Waals surface area contributed by atoms with E-state index in [1.54, 1.807) is 12.1 Å². The first-order valence-corrected chi connectivity index (χ1v) is 5.78. The third-order valence-electron chi connectivity index (χ3n) is 2.47. The normalized spacial score (nSPS) is 15.7. The fourth-order valence-corrected chi connectivity index (χ4v) is 2.12. The van der Waals surface area contributed by atoms with Crippen LogP contribution in [-0.2, 0) is 0 Å². The first-order valence-electron chi connectivity index (χ1n) is 4.98. The Morgan fingerprint density at radius 3 is 2.88 bits per heavy atom. The van der Waals surface area contributed by atoms with Crippen molar-refractivity contribution >= 4 is 27.5 Å². The summed E-state index contributed by atoms with van der Waals surface area (Å²) >= 11 is 3.18. The van der Waals surface area contributed by atoms with E-state index in [1.807, 2.05) is 0 Å². The van der Waals surface area contributed by atoms with Gasteiger partial charge in [-0.1, -0.05) is 6.08 Å². The van der Waals surface area contributed by atoms with Gasteiger partial charge >= 0.3 is 5.97 Å². The fourth-order valence-electron chi connectivity index (χ4n) is 1.63. The zero-order valence-electron chi connectivity index (χ0n) is 8.53. The maximum Gasteiger partial charge on any atom is 0.338 e. The summed E-state index contributed by atoms with van der Waals surface area (Å²) in [5, 5.41) is 12.1. The average molecular weight is 283 g/mol. The van der Waals surface area contributed by atoms with Crippen molar-refractivity contribution in [2.45, 2.75) is 6.42 Å². The third kappa shape index (κ3) is 2.31. The Morgan fingerprint density at radius 2 is 2.31 bits per heavy atom. The van der Waals surface area contributed by atoms with Crippen molar-refractivity contribution in [2.24, 2.45) is 0 Å². The SMILES string of the molecule is O=C(O)c1ccc(C2=CCNCC2)nc1Br. The molecule has 0 unspecified atom stereocenters. The van der Waals surface area contributed by atoms with Crippen LogP contribution >= 0.6 is 15.9 Å². The fraction of sp³-hybridized carbons (Fsp3) is 0.273. The van der Waals surface area contributed by atoms with Crippen LogP contribution in [0.5, 0.6) is 0 Å². The number of rotatable bonds is 2. The molecule has 1 aromatic heterocycles. The number of nitrogens with zero attached hydrogens (tertiary/aromatic N) is 1. The van der Waals surface area contributed by atoms with E-state index in [1.165, 1.54) is 0 Å². The molecule has 0 fully saturated rings. The summed E-state index contributed by atoms with van der Waals surface area (Å²) in [5.41, 5.74) is 2.20. The van der Waals surface area contributed by atoms with Crippen LogP contribution in [0.15, 0.2) is 22.8 Å². The van der Waals surface area contributed by atoms with E-state index >= 15 is 0 Å². The van der Waals surface area contributed by atoms with Gasteiger partial charge in [0.15, 0.2) is 0 Å². The molecular weight excluding hydrogens is 272 g/mol. The number of aromatic carboxylic acids is 1. The molecule has 2 rings (SSSR count). The lowest BCUT2D eigenvalue weighted by molar-refractivity contribution is 0.0695. The van der Waals surface area contributed by atoms with Crippen LogP contribution in [0.4, 0.5) is 0 Å². The number of halogens is 1. The molecule has 0 aromatic carbocycles. The zero-order valence-corrected chi connectivity index (χ0v) is 10.1. The molecular formula is C11H11BrN2O2. The van der Waals surface area contributed by atoms with Crippen LogP contribution in [0, 0.1) is 0 Å².